The van der Waals surface area contributed by atoms with Gasteiger partial charge in [0.05, 0.1) is 0 Å². The summed E-state index contributed by atoms with van der Waals surface area (Å²) in [5.41, 5.74) is 0.499. The summed E-state index contributed by atoms with van der Waals surface area (Å²) in [4.78, 5) is 25.1. The molecule has 0 aliphatic carbocycles. The number of halogens is 2. The Bertz CT molecular complexity index is 1190. The van der Waals surface area contributed by atoms with Crippen LogP contribution < -0.4 is 7.69 Å². The highest BCUT2D eigenvalue weighted by Crippen LogP contribution is 2.17. The number of Topliss-reactive ketones (excluding diaryl/α,β-unsaturated/α-hetero) is 2. The Morgan fingerprint density at radius 2 is 1.14 bits per heavy atom. The second-order valence-electron chi connectivity index (χ2n) is 5.43. The standard InChI is InChI=1S/C20H8Cl2N2O2S2/c21-13-5-1-3-11(7-13)17(25)15(9-23)19-27-20(28-19)16(10-24)18(26)12-4-2-6-14(22)8-12/h1-8H. The highest BCUT2D eigenvalue weighted by atomic mass is 35.5. The maximum absolute atomic E-state index is 12.6. The van der Waals surface area contributed by atoms with E-state index in [1.165, 1.54) is 12.1 Å². The Morgan fingerprint density at radius 1 is 0.750 bits per heavy atom. The molecule has 0 radical (unpaired) electrons. The fraction of sp³-hybridized carbons (Fsp3) is 0. The zero-order chi connectivity index (χ0) is 20.3. The number of nitriles is 2. The van der Waals surface area contributed by atoms with Gasteiger partial charge >= 0.3 is 0 Å². The van der Waals surface area contributed by atoms with Crippen LogP contribution in [-0.2, 0) is 0 Å². The molecule has 2 aromatic carbocycles. The van der Waals surface area contributed by atoms with Crippen molar-refractivity contribution in [2.75, 3.05) is 0 Å². The number of nitrogens with zero attached hydrogens (tertiary/aromatic N) is 2. The first-order chi connectivity index (χ1) is 13.4. The molecule has 28 heavy (non-hydrogen) atoms. The molecule has 1 aromatic heterocycles. The molecule has 136 valence electrons. The lowest BCUT2D eigenvalue weighted by molar-refractivity contribution is 0.105. The number of carbonyl (C=O) groups excluding carboxylic acids is 2. The molecule has 0 amide bonds. The molecule has 8 heteroatoms. The van der Waals surface area contributed by atoms with E-state index in [-0.39, 0.29) is 11.1 Å². The lowest BCUT2D eigenvalue weighted by Gasteiger charge is -2.03. The fourth-order valence-corrected chi connectivity index (χ4v) is 4.75. The predicted octanol–water partition coefficient (Wildman–Crippen LogP) is 4.23. The minimum Gasteiger partial charge on any atom is -0.288 e. The molecule has 0 saturated carbocycles. The van der Waals surface area contributed by atoms with E-state index >= 15 is 0 Å². The van der Waals surface area contributed by atoms with Crippen LogP contribution in [0.25, 0.3) is 11.1 Å². The number of ketones is 2. The molecule has 0 N–H and O–H groups in total. The van der Waals surface area contributed by atoms with Crippen molar-refractivity contribution in [1.82, 2.24) is 0 Å². The van der Waals surface area contributed by atoms with E-state index in [0.29, 0.717) is 28.9 Å². The summed E-state index contributed by atoms with van der Waals surface area (Å²) in [7, 11) is 0. The zero-order valence-corrected chi connectivity index (χ0v) is 17.0. The van der Waals surface area contributed by atoms with E-state index in [1.54, 1.807) is 36.4 Å². The van der Waals surface area contributed by atoms with Crippen LogP contribution in [0.1, 0.15) is 20.7 Å². The van der Waals surface area contributed by atoms with Crippen LogP contribution in [-0.4, -0.2) is 11.6 Å². The van der Waals surface area contributed by atoms with E-state index in [1.807, 2.05) is 12.1 Å². The largest absolute Gasteiger partial charge is 0.288 e. The number of hydrogen-bond donors (Lipinski definition) is 0. The minimum atomic E-state index is -0.460. The van der Waals surface area contributed by atoms with Crippen LogP contribution in [0.3, 0.4) is 0 Å². The Balaban J connectivity index is 2.05. The number of benzene rings is 2. The lowest BCUT2D eigenvalue weighted by Crippen LogP contribution is -2.21. The summed E-state index contributed by atoms with van der Waals surface area (Å²) < 4.78 is 0.878. The van der Waals surface area contributed by atoms with Gasteiger partial charge in [0.25, 0.3) is 0 Å². The second-order valence-corrected chi connectivity index (χ2v) is 8.86. The van der Waals surface area contributed by atoms with Gasteiger partial charge in [0.2, 0.25) is 11.6 Å². The molecule has 3 aromatic rings. The molecule has 0 aliphatic heterocycles. The molecule has 3 rings (SSSR count). The first-order valence-corrected chi connectivity index (χ1v) is 10.1. The van der Waals surface area contributed by atoms with Crippen molar-refractivity contribution in [2.45, 2.75) is 0 Å². The van der Waals surface area contributed by atoms with Gasteiger partial charge in [-0.05, 0) is 24.3 Å². The van der Waals surface area contributed by atoms with Gasteiger partial charge in [-0.15, -0.1) is 22.7 Å². The fourth-order valence-electron chi connectivity index (χ4n) is 2.31. The predicted molar refractivity (Wildman–Crippen MR) is 111 cm³/mol. The van der Waals surface area contributed by atoms with Gasteiger partial charge in [-0.1, -0.05) is 47.5 Å². The maximum atomic E-state index is 12.6. The molecule has 0 aliphatic rings. The zero-order valence-electron chi connectivity index (χ0n) is 13.9. The van der Waals surface area contributed by atoms with Crippen LogP contribution in [0, 0.1) is 22.7 Å². The van der Waals surface area contributed by atoms with E-state index in [2.05, 4.69) is 0 Å². The number of carbonyl (C=O) groups is 2. The van der Waals surface area contributed by atoms with Gasteiger partial charge in [0.15, 0.2) is 0 Å². The van der Waals surface area contributed by atoms with Crippen molar-refractivity contribution in [3.05, 3.63) is 77.4 Å². The van der Waals surface area contributed by atoms with Crippen LogP contribution in [0.4, 0.5) is 0 Å². The molecule has 0 unspecified atom stereocenters. The summed E-state index contributed by atoms with van der Waals surface area (Å²) in [5.74, 6) is -0.919. The molecule has 0 fully saturated rings. The van der Waals surface area contributed by atoms with Crippen LogP contribution in [0.5, 0.6) is 0 Å². The molecule has 0 atom stereocenters. The molecule has 4 nitrogen and oxygen atoms in total. The van der Waals surface area contributed by atoms with Crippen LogP contribution in [0.2, 0.25) is 10.0 Å². The highest BCUT2D eigenvalue weighted by Gasteiger charge is 2.19. The van der Waals surface area contributed by atoms with Crippen LogP contribution >= 0.6 is 45.9 Å². The average molecular weight is 443 g/mol. The summed E-state index contributed by atoms with van der Waals surface area (Å²) in [5, 5.41) is 19.6. The molecule has 0 spiro atoms. The average Bonchev–Trinajstić information content (AvgIpc) is 2.66. The molecular weight excluding hydrogens is 435 g/mol. The third-order valence-corrected chi connectivity index (χ3v) is 6.66. The first-order valence-electron chi connectivity index (χ1n) is 7.69. The first kappa shape index (κ1) is 20.0. The number of rotatable bonds is 4. The van der Waals surface area contributed by atoms with Gasteiger partial charge in [-0.3, -0.25) is 9.59 Å². The summed E-state index contributed by atoms with van der Waals surface area (Å²) in [6, 6.07) is 16.4. The van der Waals surface area contributed by atoms with Gasteiger partial charge in [0.1, 0.15) is 31.0 Å². The Hall–Kier alpha value is -2.74. The third-order valence-electron chi connectivity index (χ3n) is 3.63. The lowest BCUT2D eigenvalue weighted by atomic mass is 10.1. The Labute approximate surface area is 177 Å². The smallest absolute Gasteiger partial charge is 0.205 e. The Morgan fingerprint density at radius 3 is 1.46 bits per heavy atom. The second kappa shape index (κ2) is 8.52. The van der Waals surface area contributed by atoms with Crippen molar-refractivity contribution >= 4 is 68.6 Å². The van der Waals surface area contributed by atoms with Crippen molar-refractivity contribution in [3.8, 4) is 12.1 Å². The van der Waals surface area contributed by atoms with Gasteiger partial charge in [-0.2, -0.15) is 10.5 Å². The maximum Gasteiger partial charge on any atom is 0.205 e. The summed E-state index contributed by atoms with van der Waals surface area (Å²) in [6.45, 7) is 0. The SMILES string of the molecule is N#CC(C(=O)c1cccc(Cl)c1)=c1sc(=C(C#N)C(=O)c2cccc(Cl)c2)s1. The summed E-state index contributed by atoms with van der Waals surface area (Å²) in [6.07, 6.45) is 0. The summed E-state index contributed by atoms with van der Waals surface area (Å²) >= 11 is 13.9. The van der Waals surface area contributed by atoms with Gasteiger partial charge < -0.3 is 0 Å². The Kier molecular flexibility index (Phi) is 6.08. The molecule has 1 heterocycles. The number of hydrogen-bond acceptors (Lipinski definition) is 6. The highest BCUT2D eigenvalue weighted by molar-refractivity contribution is 7.36. The van der Waals surface area contributed by atoms with Crippen molar-refractivity contribution in [3.63, 3.8) is 0 Å². The van der Waals surface area contributed by atoms with E-state index in [4.69, 9.17) is 23.2 Å². The van der Waals surface area contributed by atoms with E-state index in [9.17, 15) is 20.1 Å². The van der Waals surface area contributed by atoms with Crippen molar-refractivity contribution in [1.29, 1.82) is 10.5 Å². The van der Waals surface area contributed by atoms with Gasteiger partial charge in [-0.25, -0.2) is 0 Å². The monoisotopic (exact) mass is 442 g/mol. The third kappa shape index (κ3) is 4.06. The van der Waals surface area contributed by atoms with Crippen LogP contribution in [0.15, 0.2) is 48.5 Å². The minimum absolute atomic E-state index is 0.0477. The van der Waals surface area contributed by atoms with E-state index in [0.717, 1.165) is 22.7 Å². The topological polar surface area (TPSA) is 81.7 Å². The molecular formula is C20H8Cl2N2O2S2. The quantitative estimate of drug-likeness (QED) is 0.565. The van der Waals surface area contributed by atoms with Crippen molar-refractivity contribution < 1.29 is 9.59 Å². The molecule has 0 saturated heterocycles. The van der Waals surface area contributed by atoms with Crippen molar-refractivity contribution in [2.24, 2.45) is 0 Å². The van der Waals surface area contributed by atoms with Gasteiger partial charge in [0, 0.05) is 21.2 Å². The normalized spacial score (nSPS) is 10.0. The molecule has 0 bridgehead atoms. The van der Waals surface area contributed by atoms with E-state index < -0.39 is 11.6 Å².